The Morgan fingerprint density at radius 2 is 1.62 bits per heavy atom. The number of nitrogens with zero attached hydrogens (tertiary/aromatic N) is 2. The van der Waals surface area contributed by atoms with E-state index in [2.05, 4.69) is 5.32 Å². The summed E-state index contributed by atoms with van der Waals surface area (Å²) in [5.41, 5.74) is 1.29. The van der Waals surface area contributed by atoms with Crippen LogP contribution in [0.4, 0.5) is 5.69 Å². The number of amides is 2. The Morgan fingerprint density at radius 1 is 0.952 bits per heavy atom. The highest BCUT2D eigenvalue weighted by Crippen LogP contribution is 2.36. The molecule has 0 aliphatic carbocycles. The third kappa shape index (κ3) is 7.95. The number of benzene rings is 3. The van der Waals surface area contributed by atoms with E-state index >= 15 is 0 Å². The van der Waals surface area contributed by atoms with E-state index < -0.39 is 34.1 Å². The fraction of sp³-hybridized carbons (Fsp3) is 0.355. The summed E-state index contributed by atoms with van der Waals surface area (Å²) in [5.74, 6) is -0.235. The smallest absolute Gasteiger partial charge is 0.244 e. The van der Waals surface area contributed by atoms with Gasteiger partial charge in [-0.3, -0.25) is 13.9 Å². The van der Waals surface area contributed by atoms with Gasteiger partial charge < -0.3 is 19.7 Å². The molecular formula is C31H36ClN3O6S. The number of sulfonamides is 1. The SMILES string of the molecule is CCS(=O)(=O)N(CC(=O)N(Cc1ccc(Cl)cc1)[C@@H](Cc1ccccc1)C(=O)NC(C)(C)C)c1ccc2c(c1)OCO2. The molecular weight excluding hydrogens is 578 g/mol. The maximum absolute atomic E-state index is 14.3. The summed E-state index contributed by atoms with van der Waals surface area (Å²) in [6.07, 6.45) is 0.229. The van der Waals surface area contributed by atoms with Gasteiger partial charge >= 0.3 is 0 Å². The number of rotatable bonds is 11. The minimum absolute atomic E-state index is 0.0250. The van der Waals surface area contributed by atoms with Gasteiger partial charge in [-0.15, -0.1) is 0 Å². The predicted molar refractivity (Wildman–Crippen MR) is 163 cm³/mol. The summed E-state index contributed by atoms with van der Waals surface area (Å²) in [4.78, 5) is 29.5. The minimum Gasteiger partial charge on any atom is -0.454 e. The van der Waals surface area contributed by atoms with Gasteiger partial charge in [0.25, 0.3) is 0 Å². The van der Waals surface area contributed by atoms with Crippen LogP contribution in [0.15, 0.2) is 72.8 Å². The molecule has 0 unspecified atom stereocenters. The third-order valence-corrected chi connectivity index (χ3v) is 8.65. The molecule has 3 aromatic rings. The monoisotopic (exact) mass is 613 g/mol. The van der Waals surface area contributed by atoms with Gasteiger partial charge in [0.05, 0.1) is 11.4 Å². The quantitative estimate of drug-likeness (QED) is 0.334. The molecule has 0 saturated heterocycles. The molecule has 0 bridgehead atoms. The van der Waals surface area contributed by atoms with Crippen LogP contribution in [0.2, 0.25) is 5.02 Å². The number of hydrogen-bond acceptors (Lipinski definition) is 6. The fourth-order valence-electron chi connectivity index (χ4n) is 4.55. The Kier molecular flexibility index (Phi) is 9.68. The van der Waals surface area contributed by atoms with E-state index in [4.69, 9.17) is 21.1 Å². The van der Waals surface area contributed by atoms with E-state index in [0.29, 0.717) is 16.5 Å². The van der Waals surface area contributed by atoms with Crippen LogP contribution in [0.1, 0.15) is 38.8 Å². The van der Waals surface area contributed by atoms with E-state index in [1.165, 1.54) is 11.8 Å². The Balaban J connectivity index is 1.75. The molecule has 224 valence electrons. The second-order valence-corrected chi connectivity index (χ2v) is 13.7. The average molecular weight is 614 g/mol. The molecule has 0 aromatic heterocycles. The van der Waals surface area contributed by atoms with Crippen LogP contribution in [-0.4, -0.2) is 55.8 Å². The average Bonchev–Trinajstić information content (AvgIpc) is 3.42. The standard InChI is InChI=1S/C31H36ClN3O6S/c1-5-42(38,39)35(25-15-16-27-28(18-25)41-21-40-27)20-29(36)34(19-23-11-13-24(32)14-12-23)26(30(37)33-31(2,3)4)17-22-9-7-6-8-10-22/h6-16,18,26H,5,17,19-21H2,1-4H3,(H,33,37)/t26-/m0/s1. The number of carbonyl (C=O) groups is 2. The van der Waals surface area contributed by atoms with Crippen LogP contribution in [0.25, 0.3) is 0 Å². The molecule has 1 aliphatic heterocycles. The first-order chi connectivity index (χ1) is 19.9. The Bertz CT molecular complexity index is 1510. The van der Waals surface area contributed by atoms with Gasteiger partial charge in [0, 0.05) is 29.6 Å². The second-order valence-electron chi connectivity index (χ2n) is 11.0. The molecule has 4 rings (SSSR count). The Hall–Kier alpha value is -3.76. The minimum atomic E-state index is -3.90. The zero-order chi connectivity index (χ0) is 30.5. The maximum Gasteiger partial charge on any atom is 0.244 e. The molecule has 3 aromatic carbocycles. The molecule has 11 heteroatoms. The Labute approximate surface area is 252 Å². The van der Waals surface area contributed by atoms with Crippen molar-refractivity contribution in [2.24, 2.45) is 0 Å². The number of anilines is 1. The zero-order valence-electron chi connectivity index (χ0n) is 24.2. The van der Waals surface area contributed by atoms with Crippen LogP contribution < -0.4 is 19.1 Å². The fourth-order valence-corrected chi connectivity index (χ4v) is 5.73. The van der Waals surface area contributed by atoms with Crippen molar-refractivity contribution < 1.29 is 27.5 Å². The van der Waals surface area contributed by atoms with Crippen molar-refractivity contribution in [1.29, 1.82) is 0 Å². The van der Waals surface area contributed by atoms with Crippen molar-refractivity contribution in [2.75, 3.05) is 23.4 Å². The van der Waals surface area contributed by atoms with Gasteiger partial charge in [-0.2, -0.15) is 0 Å². The molecule has 1 N–H and O–H groups in total. The first-order valence-corrected chi connectivity index (χ1v) is 15.6. The predicted octanol–water partition coefficient (Wildman–Crippen LogP) is 4.78. The summed E-state index contributed by atoms with van der Waals surface area (Å²) in [6.45, 7) is 6.68. The largest absolute Gasteiger partial charge is 0.454 e. The van der Waals surface area contributed by atoms with Crippen LogP contribution in [0, 0.1) is 0 Å². The van der Waals surface area contributed by atoms with Gasteiger partial charge in [-0.1, -0.05) is 54.1 Å². The van der Waals surface area contributed by atoms with E-state index in [-0.39, 0.29) is 37.1 Å². The van der Waals surface area contributed by atoms with Crippen LogP contribution in [0.3, 0.4) is 0 Å². The van der Waals surface area contributed by atoms with Crippen molar-refractivity contribution in [3.05, 3.63) is 88.9 Å². The summed E-state index contributed by atoms with van der Waals surface area (Å²) in [7, 11) is -3.90. The zero-order valence-corrected chi connectivity index (χ0v) is 25.7. The topological polar surface area (TPSA) is 105 Å². The molecule has 0 spiro atoms. The molecule has 1 atom stereocenters. The molecule has 42 heavy (non-hydrogen) atoms. The van der Waals surface area contributed by atoms with Gasteiger partial charge in [-0.25, -0.2) is 8.42 Å². The molecule has 9 nitrogen and oxygen atoms in total. The number of hydrogen-bond donors (Lipinski definition) is 1. The van der Waals surface area contributed by atoms with E-state index in [0.717, 1.165) is 15.4 Å². The summed E-state index contributed by atoms with van der Waals surface area (Å²) in [5, 5.41) is 3.54. The van der Waals surface area contributed by atoms with Crippen LogP contribution in [-0.2, 0) is 32.6 Å². The molecule has 2 amide bonds. The van der Waals surface area contributed by atoms with E-state index in [1.807, 2.05) is 51.1 Å². The lowest BCUT2D eigenvalue weighted by Gasteiger charge is -2.35. The van der Waals surface area contributed by atoms with Gasteiger partial charge in [-0.05, 0) is 63.1 Å². The molecule has 1 heterocycles. The van der Waals surface area contributed by atoms with Gasteiger partial charge in [0.2, 0.25) is 28.6 Å². The summed E-state index contributed by atoms with van der Waals surface area (Å²) >= 11 is 6.11. The first kappa shape index (κ1) is 31.2. The number of halogens is 1. The molecule has 0 saturated carbocycles. The normalized spacial score (nSPS) is 13.4. The van der Waals surface area contributed by atoms with E-state index in [1.54, 1.807) is 42.5 Å². The third-order valence-electron chi connectivity index (χ3n) is 6.66. The van der Waals surface area contributed by atoms with Gasteiger partial charge in [0.15, 0.2) is 11.5 Å². The lowest BCUT2D eigenvalue weighted by atomic mass is 10.0. The first-order valence-electron chi connectivity index (χ1n) is 13.7. The highest BCUT2D eigenvalue weighted by Gasteiger charge is 2.35. The molecule has 0 radical (unpaired) electrons. The number of nitrogens with one attached hydrogen (secondary N) is 1. The summed E-state index contributed by atoms with van der Waals surface area (Å²) in [6, 6.07) is 20.2. The van der Waals surface area contributed by atoms with Crippen molar-refractivity contribution in [3.8, 4) is 11.5 Å². The summed E-state index contributed by atoms with van der Waals surface area (Å²) < 4.78 is 38.5. The van der Waals surface area contributed by atoms with Gasteiger partial charge in [0.1, 0.15) is 12.6 Å². The van der Waals surface area contributed by atoms with E-state index in [9.17, 15) is 18.0 Å². The number of ether oxygens (including phenoxy) is 2. The Morgan fingerprint density at radius 3 is 2.26 bits per heavy atom. The highest BCUT2D eigenvalue weighted by atomic mass is 35.5. The highest BCUT2D eigenvalue weighted by molar-refractivity contribution is 7.92. The van der Waals surface area contributed by atoms with Crippen molar-refractivity contribution in [3.63, 3.8) is 0 Å². The maximum atomic E-state index is 14.3. The lowest BCUT2D eigenvalue weighted by Crippen LogP contribution is -2.56. The number of fused-ring (bicyclic) bond motifs is 1. The van der Waals surface area contributed by atoms with Crippen LogP contribution in [0.5, 0.6) is 11.5 Å². The van der Waals surface area contributed by atoms with Crippen molar-refractivity contribution >= 4 is 39.1 Å². The van der Waals surface area contributed by atoms with Crippen molar-refractivity contribution in [2.45, 2.75) is 52.2 Å². The lowest BCUT2D eigenvalue weighted by molar-refractivity contribution is -0.140. The van der Waals surface area contributed by atoms with Crippen LogP contribution >= 0.6 is 11.6 Å². The molecule has 1 aliphatic rings. The number of carbonyl (C=O) groups excluding carboxylic acids is 2. The van der Waals surface area contributed by atoms with Crippen molar-refractivity contribution in [1.82, 2.24) is 10.2 Å². The second kappa shape index (κ2) is 13.0. The molecule has 0 fully saturated rings.